The Labute approximate surface area is 390 Å². The lowest BCUT2D eigenvalue weighted by atomic mass is 9.51. The van der Waals surface area contributed by atoms with Gasteiger partial charge in [-0.25, -0.2) is 0 Å². The molecule has 0 saturated heterocycles. The Hall–Kier alpha value is -7.22. The first-order valence-corrected chi connectivity index (χ1v) is 24.3. The summed E-state index contributed by atoms with van der Waals surface area (Å²) in [5.41, 5.74) is 19.4. The van der Waals surface area contributed by atoms with Crippen LogP contribution >= 0.6 is 0 Å². The lowest BCUT2D eigenvalue weighted by Gasteiger charge is -2.54. The third-order valence-corrected chi connectivity index (χ3v) is 16.1. The van der Waals surface area contributed by atoms with Crippen LogP contribution < -0.4 is 4.90 Å². The summed E-state index contributed by atoms with van der Waals surface area (Å²) in [6.45, 7) is 0. The first-order valence-electron chi connectivity index (χ1n) is 24.3. The van der Waals surface area contributed by atoms with Crippen molar-refractivity contribution in [3.63, 3.8) is 0 Å². The standard InChI is InChI=1S/C65H53N/c1-5-19-46(20-6-1)54-27-13-14-28-55(54)57-30-16-18-32-62(57)66(53-35-33-48(34-36-53)64-49-38-44-37-45(40-49)41-50(64)39-44)63-43-61-59(42-58(63)47-21-7-2-8-22-47)56-29-15-17-31-60(56)65(61,51-23-9-3-10-24-51)52-25-11-4-12-26-52/h1-36,42-45,49-50,64H,37-41H2. The molecular formula is C65H53N. The molecule has 0 aromatic heterocycles. The van der Waals surface area contributed by atoms with E-state index in [0.29, 0.717) is 5.92 Å². The van der Waals surface area contributed by atoms with Crippen LogP contribution in [0.25, 0.3) is 44.5 Å². The van der Waals surface area contributed by atoms with Crippen molar-refractivity contribution in [1.29, 1.82) is 0 Å². The van der Waals surface area contributed by atoms with Gasteiger partial charge in [0.25, 0.3) is 0 Å². The van der Waals surface area contributed by atoms with E-state index in [1.54, 1.807) is 0 Å². The number of hydrogen-bond acceptors (Lipinski definition) is 1. The summed E-state index contributed by atoms with van der Waals surface area (Å²) < 4.78 is 0. The largest absolute Gasteiger partial charge is 0.309 e. The van der Waals surface area contributed by atoms with Crippen LogP contribution in [0.1, 0.15) is 65.8 Å². The molecule has 66 heavy (non-hydrogen) atoms. The Kier molecular flexibility index (Phi) is 9.52. The highest BCUT2D eigenvalue weighted by atomic mass is 15.1. The van der Waals surface area contributed by atoms with Gasteiger partial charge in [-0.2, -0.15) is 0 Å². The van der Waals surface area contributed by atoms with Crippen molar-refractivity contribution in [2.75, 3.05) is 4.90 Å². The van der Waals surface area contributed by atoms with Crippen LogP contribution in [0.2, 0.25) is 0 Å². The molecule has 4 bridgehead atoms. The maximum Gasteiger partial charge on any atom is 0.0714 e. The maximum atomic E-state index is 2.60. The molecule has 0 amide bonds. The van der Waals surface area contributed by atoms with Gasteiger partial charge in [0.2, 0.25) is 0 Å². The van der Waals surface area contributed by atoms with Crippen molar-refractivity contribution in [2.24, 2.45) is 23.7 Å². The molecule has 0 unspecified atom stereocenters. The zero-order valence-corrected chi connectivity index (χ0v) is 37.3. The third-order valence-electron chi connectivity index (χ3n) is 16.1. The molecule has 9 aromatic carbocycles. The van der Waals surface area contributed by atoms with Gasteiger partial charge >= 0.3 is 0 Å². The topological polar surface area (TPSA) is 3.24 Å². The molecule has 5 aliphatic rings. The fourth-order valence-corrected chi connectivity index (χ4v) is 13.7. The number of benzene rings is 9. The number of para-hydroxylation sites is 1. The summed E-state index contributed by atoms with van der Waals surface area (Å²) in [5.74, 6) is 4.22. The average molecular weight is 848 g/mol. The maximum absolute atomic E-state index is 2.60. The quantitative estimate of drug-likeness (QED) is 0.140. The van der Waals surface area contributed by atoms with Crippen molar-refractivity contribution >= 4 is 17.1 Å². The highest BCUT2D eigenvalue weighted by molar-refractivity contribution is 6.00. The Balaban J connectivity index is 1.09. The van der Waals surface area contributed by atoms with Gasteiger partial charge in [0.15, 0.2) is 0 Å². The molecule has 0 N–H and O–H groups in total. The van der Waals surface area contributed by atoms with E-state index in [9.17, 15) is 0 Å². The number of anilines is 3. The molecule has 0 heterocycles. The van der Waals surface area contributed by atoms with Gasteiger partial charge in [0.1, 0.15) is 0 Å². The van der Waals surface area contributed by atoms with E-state index in [4.69, 9.17) is 0 Å². The van der Waals surface area contributed by atoms with Gasteiger partial charge in [0, 0.05) is 16.8 Å². The zero-order valence-electron chi connectivity index (χ0n) is 37.3. The van der Waals surface area contributed by atoms with Gasteiger partial charge in [-0.15, -0.1) is 0 Å². The molecule has 1 nitrogen and oxygen atoms in total. The minimum atomic E-state index is -0.549. The van der Waals surface area contributed by atoms with Gasteiger partial charge < -0.3 is 4.90 Å². The Bertz CT molecular complexity index is 3120. The van der Waals surface area contributed by atoms with Crippen LogP contribution in [0.3, 0.4) is 0 Å². The van der Waals surface area contributed by atoms with Crippen LogP contribution in [0.15, 0.2) is 231 Å². The summed E-state index contributed by atoms with van der Waals surface area (Å²) >= 11 is 0. The molecule has 5 aliphatic carbocycles. The molecule has 0 aliphatic heterocycles. The van der Waals surface area contributed by atoms with Gasteiger partial charge in [-0.3, -0.25) is 0 Å². The Morgan fingerprint density at radius 3 is 1.42 bits per heavy atom. The molecule has 4 saturated carbocycles. The fraction of sp³-hybridized carbons (Fsp3) is 0.169. The van der Waals surface area contributed by atoms with Crippen LogP contribution in [0.4, 0.5) is 17.1 Å². The molecule has 14 rings (SSSR count). The third kappa shape index (κ3) is 6.28. The van der Waals surface area contributed by atoms with Gasteiger partial charge in [-0.1, -0.05) is 200 Å². The predicted octanol–water partition coefficient (Wildman–Crippen LogP) is 17.1. The number of hydrogen-bond donors (Lipinski definition) is 0. The molecule has 9 aromatic rings. The lowest BCUT2D eigenvalue weighted by molar-refractivity contribution is -0.00277. The lowest BCUT2D eigenvalue weighted by Crippen LogP contribution is -2.43. The van der Waals surface area contributed by atoms with E-state index in [2.05, 4.69) is 235 Å². The SMILES string of the molecule is c1ccc(-c2ccccc2-c2ccccc2N(c2ccc(C3C4CC5CC(C4)CC3C5)cc2)c2cc3c(cc2-c2ccccc2)-c2ccccc2C3(c2ccccc2)c2ccccc2)cc1. The number of rotatable bonds is 9. The second-order valence-corrected chi connectivity index (χ2v) is 19.6. The average Bonchev–Trinajstić information content (AvgIpc) is 3.67. The van der Waals surface area contributed by atoms with Crippen LogP contribution in [-0.4, -0.2) is 0 Å². The van der Waals surface area contributed by atoms with Crippen molar-refractivity contribution in [2.45, 2.75) is 43.4 Å². The molecule has 318 valence electrons. The molecule has 0 radical (unpaired) electrons. The highest BCUT2D eigenvalue weighted by Crippen LogP contribution is 2.61. The molecular weight excluding hydrogens is 795 g/mol. The summed E-state index contributed by atoms with van der Waals surface area (Å²) in [6, 6.07) is 86.7. The molecule has 1 heteroatoms. The number of fused-ring (bicyclic) bond motifs is 3. The Morgan fingerprint density at radius 2 is 0.818 bits per heavy atom. The normalized spacial score (nSPS) is 20.7. The van der Waals surface area contributed by atoms with E-state index in [1.165, 1.54) is 110 Å². The fourth-order valence-electron chi connectivity index (χ4n) is 13.7. The summed E-state index contributed by atoms with van der Waals surface area (Å²) in [4.78, 5) is 2.60. The molecule has 4 fully saturated rings. The van der Waals surface area contributed by atoms with Crippen molar-refractivity contribution in [3.05, 3.63) is 258 Å². The van der Waals surface area contributed by atoms with Crippen LogP contribution in [-0.2, 0) is 5.41 Å². The number of nitrogens with zero attached hydrogens (tertiary/aromatic N) is 1. The Morgan fingerprint density at radius 1 is 0.333 bits per heavy atom. The van der Waals surface area contributed by atoms with E-state index in [-0.39, 0.29) is 0 Å². The minimum Gasteiger partial charge on any atom is -0.309 e. The summed E-state index contributed by atoms with van der Waals surface area (Å²) in [5, 5.41) is 0. The van der Waals surface area contributed by atoms with Crippen molar-refractivity contribution < 1.29 is 0 Å². The van der Waals surface area contributed by atoms with Gasteiger partial charge in [0.05, 0.1) is 16.8 Å². The van der Waals surface area contributed by atoms with Crippen LogP contribution in [0, 0.1) is 23.7 Å². The second-order valence-electron chi connectivity index (χ2n) is 19.6. The van der Waals surface area contributed by atoms with E-state index >= 15 is 0 Å². The summed E-state index contributed by atoms with van der Waals surface area (Å²) in [7, 11) is 0. The second kappa shape index (κ2) is 16.0. The first-order chi connectivity index (χ1) is 32.7. The smallest absolute Gasteiger partial charge is 0.0714 e. The summed E-state index contributed by atoms with van der Waals surface area (Å²) in [6.07, 6.45) is 7.15. The van der Waals surface area contributed by atoms with E-state index in [0.717, 1.165) is 35.0 Å². The van der Waals surface area contributed by atoms with Gasteiger partial charge in [-0.05, 0) is 153 Å². The van der Waals surface area contributed by atoms with E-state index < -0.39 is 5.41 Å². The molecule has 0 atom stereocenters. The van der Waals surface area contributed by atoms with Crippen molar-refractivity contribution in [1.82, 2.24) is 0 Å². The molecule has 0 spiro atoms. The zero-order chi connectivity index (χ0) is 43.6. The van der Waals surface area contributed by atoms with Crippen molar-refractivity contribution in [3.8, 4) is 44.5 Å². The van der Waals surface area contributed by atoms with Crippen LogP contribution in [0.5, 0.6) is 0 Å². The predicted molar refractivity (Wildman–Crippen MR) is 275 cm³/mol. The first kappa shape index (κ1) is 39.2. The monoisotopic (exact) mass is 847 g/mol. The minimum absolute atomic E-state index is 0.549. The van der Waals surface area contributed by atoms with E-state index in [1.807, 2.05) is 0 Å². The highest BCUT2D eigenvalue weighted by Gasteiger charge is 2.49.